The molecule has 1 aromatic heterocycles. The SMILES string of the molecule is CC(C)CC(=O)[C@H]1CCCN(C(=O)c2ccc(N3CCC(O)(CO)CC3)nc2)C1. The Hall–Kier alpha value is -1.99. The lowest BCUT2D eigenvalue weighted by Gasteiger charge is -2.37. The molecule has 0 saturated carbocycles. The number of anilines is 1. The number of carbonyl (C=O) groups excluding carboxylic acids is 2. The second-order valence-corrected chi connectivity index (χ2v) is 8.93. The molecule has 1 amide bonds. The third-order valence-corrected chi connectivity index (χ3v) is 6.08. The minimum Gasteiger partial charge on any atom is -0.393 e. The zero-order valence-corrected chi connectivity index (χ0v) is 17.5. The summed E-state index contributed by atoms with van der Waals surface area (Å²) in [4.78, 5) is 33.6. The number of rotatable bonds is 6. The molecule has 2 aliphatic heterocycles. The minimum atomic E-state index is -0.996. The Kier molecular flexibility index (Phi) is 6.90. The standard InChI is InChI=1S/C22H33N3O4/c1-16(2)12-19(27)18-4-3-9-25(14-18)21(28)17-5-6-20(23-13-17)24-10-7-22(29,15-26)8-11-24/h5-6,13,16,18,26,29H,3-4,7-12,14-15H2,1-2H3/t18-/m0/s1. The van der Waals surface area contributed by atoms with E-state index in [1.54, 1.807) is 17.2 Å². The Morgan fingerprint density at radius 1 is 1.24 bits per heavy atom. The van der Waals surface area contributed by atoms with Crippen molar-refractivity contribution in [3.05, 3.63) is 23.9 Å². The molecule has 3 heterocycles. The van der Waals surface area contributed by atoms with Crippen molar-refractivity contribution in [2.75, 3.05) is 37.7 Å². The van der Waals surface area contributed by atoms with E-state index in [-0.39, 0.29) is 24.2 Å². The van der Waals surface area contributed by atoms with Crippen LogP contribution in [-0.2, 0) is 4.79 Å². The van der Waals surface area contributed by atoms with Crippen molar-refractivity contribution in [3.63, 3.8) is 0 Å². The van der Waals surface area contributed by atoms with Crippen LogP contribution in [-0.4, -0.2) is 70.2 Å². The van der Waals surface area contributed by atoms with Crippen LogP contribution in [0.15, 0.2) is 18.3 Å². The summed E-state index contributed by atoms with van der Waals surface area (Å²) in [5.74, 6) is 1.25. The Balaban J connectivity index is 1.59. The summed E-state index contributed by atoms with van der Waals surface area (Å²) in [6, 6.07) is 3.62. The van der Waals surface area contributed by atoms with Gasteiger partial charge in [0.05, 0.1) is 17.8 Å². The number of ketones is 1. The normalized spacial score (nSPS) is 22.0. The molecule has 3 rings (SSSR count). The van der Waals surface area contributed by atoms with Gasteiger partial charge in [-0.25, -0.2) is 4.98 Å². The van der Waals surface area contributed by atoms with Crippen LogP contribution in [0.2, 0.25) is 0 Å². The first-order valence-corrected chi connectivity index (χ1v) is 10.7. The predicted octanol–water partition coefficient (Wildman–Crippen LogP) is 1.87. The van der Waals surface area contributed by atoms with Crippen LogP contribution in [0.5, 0.6) is 0 Å². The molecule has 0 spiro atoms. The van der Waals surface area contributed by atoms with Crippen LogP contribution < -0.4 is 4.90 Å². The number of hydrogen-bond acceptors (Lipinski definition) is 6. The molecule has 0 aliphatic carbocycles. The fraction of sp³-hybridized carbons (Fsp3) is 0.682. The first-order valence-electron chi connectivity index (χ1n) is 10.7. The van der Waals surface area contributed by atoms with Gasteiger partial charge in [-0.1, -0.05) is 13.8 Å². The van der Waals surface area contributed by atoms with E-state index in [1.165, 1.54) is 0 Å². The van der Waals surface area contributed by atoms with Crippen molar-refractivity contribution in [1.29, 1.82) is 0 Å². The van der Waals surface area contributed by atoms with Crippen molar-refractivity contribution >= 4 is 17.5 Å². The first-order chi connectivity index (χ1) is 13.8. The van der Waals surface area contributed by atoms with Crippen LogP contribution in [0, 0.1) is 11.8 Å². The number of piperidine rings is 2. The molecule has 0 unspecified atom stereocenters. The van der Waals surface area contributed by atoms with Gasteiger partial charge in [0.1, 0.15) is 11.6 Å². The fourth-order valence-electron chi connectivity index (χ4n) is 4.19. The van der Waals surface area contributed by atoms with Gasteiger partial charge in [0, 0.05) is 44.7 Å². The van der Waals surface area contributed by atoms with Crippen molar-refractivity contribution in [2.45, 2.75) is 51.6 Å². The number of Topliss-reactive ketones (excluding diaryl/α,β-unsaturated/α-hetero) is 1. The van der Waals surface area contributed by atoms with Gasteiger partial charge in [-0.2, -0.15) is 0 Å². The highest BCUT2D eigenvalue weighted by molar-refractivity contribution is 5.94. The average Bonchev–Trinajstić information content (AvgIpc) is 2.73. The molecule has 7 heteroatoms. The van der Waals surface area contributed by atoms with Gasteiger partial charge in [0.25, 0.3) is 5.91 Å². The van der Waals surface area contributed by atoms with E-state index < -0.39 is 5.60 Å². The third-order valence-electron chi connectivity index (χ3n) is 6.08. The molecule has 1 atom stereocenters. The molecule has 0 bridgehead atoms. The molecular weight excluding hydrogens is 370 g/mol. The van der Waals surface area contributed by atoms with E-state index in [2.05, 4.69) is 9.88 Å². The van der Waals surface area contributed by atoms with Gasteiger partial charge in [-0.15, -0.1) is 0 Å². The van der Waals surface area contributed by atoms with Gasteiger partial charge in [-0.05, 0) is 43.7 Å². The molecular formula is C22H33N3O4. The maximum atomic E-state index is 12.9. The number of likely N-dealkylation sites (tertiary alicyclic amines) is 1. The number of hydrogen-bond donors (Lipinski definition) is 2. The molecule has 2 saturated heterocycles. The van der Waals surface area contributed by atoms with E-state index in [0.717, 1.165) is 18.7 Å². The number of aliphatic hydroxyl groups is 2. The van der Waals surface area contributed by atoms with E-state index in [1.807, 2.05) is 19.9 Å². The Bertz CT molecular complexity index is 711. The number of aliphatic hydroxyl groups excluding tert-OH is 1. The quantitative estimate of drug-likeness (QED) is 0.753. The van der Waals surface area contributed by atoms with Gasteiger partial charge in [0.2, 0.25) is 0 Å². The number of aromatic nitrogens is 1. The van der Waals surface area contributed by atoms with Crippen molar-refractivity contribution in [3.8, 4) is 0 Å². The maximum absolute atomic E-state index is 12.9. The summed E-state index contributed by atoms with van der Waals surface area (Å²) in [6.07, 6.45) is 4.88. The van der Waals surface area contributed by atoms with Crippen LogP contribution in [0.1, 0.15) is 56.3 Å². The minimum absolute atomic E-state index is 0.0547. The zero-order valence-electron chi connectivity index (χ0n) is 17.5. The van der Waals surface area contributed by atoms with Crippen LogP contribution >= 0.6 is 0 Å². The molecule has 2 fully saturated rings. The average molecular weight is 404 g/mol. The van der Waals surface area contributed by atoms with Gasteiger partial charge in [-0.3, -0.25) is 9.59 Å². The van der Waals surface area contributed by atoms with Crippen LogP contribution in [0.3, 0.4) is 0 Å². The molecule has 29 heavy (non-hydrogen) atoms. The maximum Gasteiger partial charge on any atom is 0.255 e. The lowest BCUT2D eigenvalue weighted by atomic mass is 9.89. The molecule has 2 N–H and O–H groups in total. The smallest absolute Gasteiger partial charge is 0.255 e. The summed E-state index contributed by atoms with van der Waals surface area (Å²) in [7, 11) is 0. The van der Waals surface area contributed by atoms with Gasteiger partial charge >= 0.3 is 0 Å². The summed E-state index contributed by atoms with van der Waals surface area (Å²) in [5, 5.41) is 19.4. The summed E-state index contributed by atoms with van der Waals surface area (Å²) in [6.45, 7) is 6.27. The second-order valence-electron chi connectivity index (χ2n) is 8.93. The predicted molar refractivity (Wildman–Crippen MR) is 111 cm³/mol. The summed E-state index contributed by atoms with van der Waals surface area (Å²) < 4.78 is 0. The number of carbonyl (C=O) groups is 2. The van der Waals surface area contributed by atoms with E-state index in [4.69, 9.17) is 0 Å². The summed E-state index contributed by atoms with van der Waals surface area (Å²) in [5.41, 5.74) is -0.459. The van der Waals surface area contributed by atoms with E-state index in [0.29, 0.717) is 56.9 Å². The van der Waals surface area contributed by atoms with Crippen LogP contribution in [0.4, 0.5) is 5.82 Å². The molecule has 2 aliphatic rings. The summed E-state index contributed by atoms with van der Waals surface area (Å²) >= 11 is 0. The zero-order chi connectivity index (χ0) is 21.0. The fourth-order valence-corrected chi connectivity index (χ4v) is 4.19. The van der Waals surface area contributed by atoms with Crippen molar-refractivity contribution in [2.24, 2.45) is 11.8 Å². The molecule has 160 valence electrons. The van der Waals surface area contributed by atoms with Crippen LogP contribution in [0.25, 0.3) is 0 Å². The molecule has 7 nitrogen and oxygen atoms in total. The number of nitrogens with zero attached hydrogens (tertiary/aromatic N) is 3. The third kappa shape index (κ3) is 5.34. The highest BCUT2D eigenvalue weighted by atomic mass is 16.3. The Morgan fingerprint density at radius 2 is 1.97 bits per heavy atom. The number of pyridine rings is 1. The Morgan fingerprint density at radius 3 is 2.55 bits per heavy atom. The van der Waals surface area contributed by atoms with Gasteiger partial charge in [0.15, 0.2) is 0 Å². The monoisotopic (exact) mass is 403 g/mol. The highest BCUT2D eigenvalue weighted by Gasteiger charge is 2.32. The van der Waals surface area contributed by atoms with E-state index in [9.17, 15) is 19.8 Å². The Labute approximate surface area is 172 Å². The molecule has 0 aromatic carbocycles. The second kappa shape index (κ2) is 9.22. The lowest BCUT2D eigenvalue weighted by molar-refractivity contribution is -0.124. The van der Waals surface area contributed by atoms with Gasteiger partial charge < -0.3 is 20.0 Å². The highest BCUT2D eigenvalue weighted by Crippen LogP contribution is 2.26. The lowest BCUT2D eigenvalue weighted by Crippen LogP contribution is -2.47. The molecule has 1 aromatic rings. The largest absolute Gasteiger partial charge is 0.393 e. The first kappa shape index (κ1) is 21.7. The van der Waals surface area contributed by atoms with E-state index >= 15 is 0 Å². The topological polar surface area (TPSA) is 94.0 Å². The van der Waals surface area contributed by atoms with Crippen molar-refractivity contribution < 1.29 is 19.8 Å². The molecule has 0 radical (unpaired) electrons. The number of amides is 1. The van der Waals surface area contributed by atoms with Crippen molar-refractivity contribution in [1.82, 2.24) is 9.88 Å².